The second-order valence-electron chi connectivity index (χ2n) is 10.5. The van der Waals surface area contributed by atoms with Gasteiger partial charge in [0, 0.05) is 12.1 Å². The molecule has 2 aromatic carbocycles. The van der Waals surface area contributed by atoms with Crippen molar-refractivity contribution in [1.82, 2.24) is 14.7 Å². The summed E-state index contributed by atoms with van der Waals surface area (Å²) in [6.45, 7) is 6.36. The number of rotatable bonds is 6. The van der Waals surface area contributed by atoms with E-state index in [2.05, 4.69) is 39.0 Å². The second kappa shape index (κ2) is 9.87. The zero-order chi connectivity index (χ0) is 26.2. The Balaban J connectivity index is 1.21. The van der Waals surface area contributed by atoms with E-state index in [9.17, 15) is 8.42 Å². The van der Waals surface area contributed by atoms with Gasteiger partial charge in [-0.25, -0.2) is 23.1 Å². The molecule has 0 bridgehead atoms. The summed E-state index contributed by atoms with van der Waals surface area (Å²) in [5, 5.41) is 0. The van der Waals surface area contributed by atoms with Gasteiger partial charge in [-0.15, -0.1) is 0 Å². The molecule has 0 atom stereocenters. The lowest BCUT2D eigenvalue weighted by atomic mass is 9.78. The van der Waals surface area contributed by atoms with Crippen LogP contribution in [0.1, 0.15) is 62.1 Å². The maximum absolute atomic E-state index is 12.6. The number of hydrogen-bond acceptors (Lipinski definition) is 7. The van der Waals surface area contributed by atoms with Crippen molar-refractivity contribution in [1.29, 1.82) is 0 Å². The van der Waals surface area contributed by atoms with E-state index >= 15 is 0 Å². The molecule has 1 fully saturated rings. The van der Waals surface area contributed by atoms with Crippen molar-refractivity contribution < 1.29 is 13.2 Å². The largest absolute Gasteiger partial charge is 0.463 e. The smallest absolute Gasteiger partial charge is 0.246 e. The third kappa shape index (κ3) is 5.38. The predicted molar refractivity (Wildman–Crippen MR) is 145 cm³/mol. The first kappa shape index (κ1) is 25.4. The Morgan fingerprint density at radius 2 is 1.68 bits per heavy atom. The lowest BCUT2D eigenvalue weighted by Gasteiger charge is -2.32. The molecule has 37 heavy (non-hydrogen) atoms. The van der Waals surface area contributed by atoms with Gasteiger partial charge in [-0.3, -0.25) is 0 Å². The van der Waals surface area contributed by atoms with Crippen LogP contribution in [0.15, 0.2) is 64.7 Å². The topological polar surface area (TPSA) is 120 Å². The van der Waals surface area contributed by atoms with E-state index in [1.54, 1.807) is 12.1 Å². The number of nitrogen functional groups attached to an aromatic ring is 1. The van der Waals surface area contributed by atoms with Crippen molar-refractivity contribution in [2.75, 3.05) is 12.3 Å². The Morgan fingerprint density at radius 3 is 2.35 bits per heavy atom. The molecule has 5 rings (SSSR count). The van der Waals surface area contributed by atoms with Crippen molar-refractivity contribution in [3.05, 3.63) is 71.5 Å². The lowest BCUT2D eigenvalue weighted by Crippen LogP contribution is -2.41. The van der Waals surface area contributed by atoms with Crippen molar-refractivity contribution in [2.24, 2.45) is 10.9 Å². The average Bonchev–Trinajstić information content (AvgIpc) is 2.88. The van der Waals surface area contributed by atoms with Crippen LogP contribution in [0.4, 0.5) is 11.5 Å². The van der Waals surface area contributed by atoms with Crippen LogP contribution in [0.2, 0.25) is 0 Å². The zero-order valence-corrected chi connectivity index (χ0v) is 22.3. The molecule has 1 saturated carbocycles. The van der Waals surface area contributed by atoms with Gasteiger partial charge < -0.3 is 10.5 Å². The van der Waals surface area contributed by atoms with Crippen molar-refractivity contribution in [3.63, 3.8) is 0 Å². The fraction of sp³-hybridized carbons (Fsp3) is 0.393. The number of fused-ring (bicyclic) bond motifs is 1. The number of ether oxygens (including phenoxy) is 1. The Labute approximate surface area is 218 Å². The molecule has 1 aliphatic heterocycles. The van der Waals surface area contributed by atoms with Crippen molar-refractivity contribution >= 4 is 27.2 Å². The van der Waals surface area contributed by atoms with Gasteiger partial charge >= 0.3 is 0 Å². The summed E-state index contributed by atoms with van der Waals surface area (Å²) >= 11 is 0. The molecular weight excluding hydrogens is 486 g/mol. The minimum atomic E-state index is -3.48. The number of benzene rings is 2. The van der Waals surface area contributed by atoms with E-state index in [-0.39, 0.29) is 0 Å². The lowest BCUT2D eigenvalue weighted by molar-refractivity contribution is 0.171. The van der Waals surface area contributed by atoms with Crippen molar-refractivity contribution in [3.8, 4) is 5.88 Å². The normalized spacial score (nSPS) is 21.0. The molecule has 0 amide bonds. The van der Waals surface area contributed by atoms with E-state index < -0.39 is 15.6 Å². The zero-order valence-electron chi connectivity index (χ0n) is 21.4. The molecule has 0 spiro atoms. The molecule has 3 aromatic rings. The van der Waals surface area contributed by atoms with E-state index in [4.69, 9.17) is 15.5 Å². The third-order valence-corrected chi connectivity index (χ3v) is 8.80. The van der Waals surface area contributed by atoms with Crippen LogP contribution in [-0.4, -0.2) is 36.2 Å². The van der Waals surface area contributed by atoms with Gasteiger partial charge in [-0.2, -0.15) is 4.98 Å². The molecule has 3 N–H and O–H groups in total. The summed E-state index contributed by atoms with van der Waals surface area (Å²) < 4.78 is 34.2. The molecule has 1 aromatic heterocycles. The first-order valence-electron chi connectivity index (χ1n) is 12.7. The first-order valence-corrected chi connectivity index (χ1v) is 14.2. The van der Waals surface area contributed by atoms with Crippen LogP contribution >= 0.6 is 0 Å². The van der Waals surface area contributed by atoms with Crippen molar-refractivity contribution in [2.45, 2.75) is 62.9 Å². The molecule has 9 heteroatoms. The van der Waals surface area contributed by atoms with Crippen LogP contribution < -0.4 is 15.2 Å². The van der Waals surface area contributed by atoms with E-state index in [1.165, 1.54) is 11.9 Å². The van der Waals surface area contributed by atoms with E-state index in [0.717, 1.165) is 42.5 Å². The highest BCUT2D eigenvalue weighted by Crippen LogP contribution is 2.40. The van der Waals surface area contributed by atoms with E-state index in [0.29, 0.717) is 40.7 Å². The Kier molecular flexibility index (Phi) is 6.76. The van der Waals surface area contributed by atoms with Crippen LogP contribution in [0, 0.1) is 12.8 Å². The maximum Gasteiger partial charge on any atom is 0.246 e. The number of aryl methyl sites for hydroxylation is 1. The van der Waals surface area contributed by atoms with Crippen LogP contribution in [0.5, 0.6) is 5.88 Å². The monoisotopic (exact) mass is 519 g/mol. The van der Waals surface area contributed by atoms with Crippen LogP contribution in [0.25, 0.3) is 0 Å². The average molecular weight is 520 g/mol. The molecule has 2 aliphatic rings. The SMILES string of the molecule is Cc1ccc(S(=O)(=O)NCC2CCC(c3ccc(C4=Nc5c(N)ncnc5OC4(C)C)cc3)CC2)cc1. The predicted octanol–water partition coefficient (Wildman–Crippen LogP) is 4.91. The van der Waals surface area contributed by atoms with Gasteiger partial charge in [0.05, 0.1) is 10.6 Å². The van der Waals surface area contributed by atoms with Gasteiger partial charge in [-0.05, 0) is 76.0 Å². The molecular formula is C28H33N5O3S. The van der Waals surface area contributed by atoms with Gasteiger partial charge in [0.25, 0.3) is 0 Å². The second-order valence-corrected chi connectivity index (χ2v) is 12.3. The number of nitrogens with one attached hydrogen (secondary N) is 1. The van der Waals surface area contributed by atoms with Gasteiger partial charge in [-0.1, -0.05) is 42.0 Å². The molecule has 0 saturated heterocycles. The molecule has 0 radical (unpaired) electrons. The Morgan fingerprint density at radius 1 is 1.00 bits per heavy atom. The summed E-state index contributed by atoms with van der Waals surface area (Å²) in [4.78, 5) is 13.3. The van der Waals surface area contributed by atoms with Gasteiger partial charge in [0.15, 0.2) is 11.5 Å². The molecule has 2 heterocycles. The fourth-order valence-corrected chi connectivity index (χ4v) is 6.26. The third-order valence-electron chi connectivity index (χ3n) is 7.36. The summed E-state index contributed by atoms with van der Waals surface area (Å²) in [7, 11) is -3.48. The van der Waals surface area contributed by atoms with Crippen LogP contribution in [-0.2, 0) is 10.0 Å². The highest BCUT2D eigenvalue weighted by Gasteiger charge is 2.35. The molecule has 1 aliphatic carbocycles. The summed E-state index contributed by atoms with van der Waals surface area (Å²) in [5.41, 5.74) is 9.92. The number of aromatic nitrogens is 2. The standard InChI is InChI=1S/C28H33N5O3S/c1-18-4-14-23(15-5-18)37(34,35)32-16-19-6-8-20(9-7-19)21-10-12-22(13-11-21)25-28(2,3)36-27-24(33-25)26(29)30-17-31-27/h4-5,10-15,17,19-20,32H,6-9,16H2,1-3H3,(H2,29,30,31). The first-order chi connectivity index (χ1) is 17.6. The van der Waals surface area contributed by atoms with Gasteiger partial charge in [0.1, 0.15) is 11.9 Å². The number of aliphatic imine (C=N–C) groups is 1. The molecule has 0 unspecified atom stereocenters. The number of nitrogens with two attached hydrogens (primary N) is 1. The minimum absolute atomic E-state index is 0.299. The van der Waals surface area contributed by atoms with E-state index in [1.807, 2.05) is 32.9 Å². The maximum atomic E-state index is 12.6. The minimum Gasteiger partial charge on any atom is -0.463 e. The number of sulfonamides is 1. The Hall–Kier alpha value is -3.30. The number of hydrogen-bond donors (Lipinski definition) is 2. The highest BCUT2D eigenvalue weighted by atomic mass is 32.2. The molecule has 194 valence electrons. The summed E-state index contributed by atoms with van der Waals surface area (Å²) in [6.07, 6.45) is 5.44. The quantitative estimate of drug-likeness (QED) is 0.477. The van der Waals surface area contributed by atoms with Crippen LogP contribution in [0.3, 0.4) is 0 Å². The molecule has 8 nitrogen and oxygen atoms in total. The highest BCUT2D eigenvalue weighted by molar-refractivity contribution is 7.89. The summed E-state index contributed by atoms with van der Waals surface area (Å²) in [6, 6.07) is 15.5. The fourth-order valence-electron chi connectivity index (χ4n) is 5.15. The summed E-state index contributed by atoms with van der Waals surface area (Å²) in [5.74, 6) is 1.50. The number of anilines is 1. The number of nitrogens with zero attached hydrogens (tertiary/aromatic N) is 3. The Bertz CT molecular complexity index is 1410. The van der Waals surface area contributed by atoms with Gasteiger partial charge in [0.2, 0.25) is 15.9 Å².